The summed E-state index contributed by atoms with van der Waals surface area (Å²) in [5.41, 5.74) is 4.55. The summed E-state index contributed by atoms with van der Waals surface area (Å²) in [6, 6.07) is 6.23. The molecule has 11 nitrogen and oxygen atoms in total. The number of nitrogens with zero attached hydrogens (tertiary/aromatic N) is 5. The highest BCUT2D eigenvalue weighted by atomic mass is 35.5. The van der Waals surface area contributed by atoms with Gasteiger partial charge in [0.2, 0.25) is 11.6 Å². The summed E-state index contributed by atoms with van der Waals surface area (Å²) in [6.45, 7) is 0. The molecule has 0 fully saturated rings. The zero-order chi connectivity index (χ0) is 19.2. The van der Waals surface area contributed by atoms with Gasteiger partial charge in [-0.15, -0.1) is 0 Å². The van der Waals surface area contributed by atoms with Crippen LogP contribution in [0.25, 0.3) is 0 Å². The maximum atomic E-state index is 12.0. The number of hydrogen-bond donors (Lipinski definition) is 3. The van der Waals surface area contributed by atoms with Crippen LogP contribution in [-0.2, 0) is 0 Å². The lowest BCUT2D eigenvalue weighted by Crippen LogP contribution is -2.30. The van der Waals surface area contributed by atoms with Crippen molar-refractivity contribution < 1.29 is 9.72 Å². The molecule has 0 unspecified atom stereocenters. The lowest BCUT2D eigenvalue weighted by atomic mass is 10.3. The third kappa shape index (κ3) is 4.41. The Kier molecular flexibility index (Phi) is 5.33. The van der Waals surface area contributed by atoms with E-state index in [9.17, 15) is 14.9 Å². The third-order valence-corrected chi connectivity index (χ3v) is 3.42. The van der Waals surface area contributed by atoms with Crippen molar-refractivity contribution in [1.29, 1.82) is 0 Å². The number of amides is 1. The van der Waals surface area contributed by atoms with E-state index in [4.69, 9.17) is 11.6 Å². The standard InChI is InChI=1S/C15H11ClN8O3/c16-10-3-4-11(18-7-10)21-13-12(24(26)27)14(20-8-19-13)22-23-15(25)9-2-1-5-17-6-9/h1-8H,(H,23,25)(H2,18,19,20,21,22). The van der Waals surface area contributed by atoms with Crippen LogP contribution in [-0.4, -0.2) is 30.8 Å². The maximum absolute atomic E-state index is 12.0. The minimum absolute atomic E-state index is 0.108. The van der Waals surface area contributed by atoms with E-state index in [0.29, 0.717) is 10.8 Å². The van der Waals surface area contributed by atoms with E-state index < -0.39 is 16.5 Å². The SMILES string of the molecule is O=C(NNc1ncnc(Nc2ccc(Cl)cn2)c1[N+](=O)[O-])c1cccnc1. The van der Waals surface area contributed by atoms with E-state index in [1.54, 1.807) is 12.1 Å². The van der Waals surface area contributed by atoms with Gasteiger partial charge in [-0.2, -0.15) is 0 Å². The molecule has 3 N–H and O–H groups in total. The molecule has 27 heavy (non-hydrogen) atoms. The van der Waals surface area contributed by atoms with Crippen molar-refractivity contribution in [2.45, 2.75) is 0 Å². The van der Waals surface area contributed by atoms with Gasteiger partial charge in [-0.05, 0) is 24.3 Å². The average Bonchev–Trinajstić information content (AvgIpc) is 2.68. The molecule has 0 atom stereocenters. The Morgan fingerprint density at radius 1 is 1.11 bits per heavy atom. The molecule has 0 aliphatic heterocycles. The van der Waals surface area contributed by atoms with Crippen molar-refractivity contribution >= 4 is 40.6 Å². The number of hydrogen-bond acceptors (Lipinski definition) is 9. The fraction of sp³-hybridized carbons (Fsp3) is 0. The van der Waals surface area contributed by atoms with E-state index in [1.165, 1.54) is 30.7 Å². The monoisotopic (exact) mass is 386 g/mol. The van der Waals surface area contributed by atoms with E-state index in [1.807, 2.05) is 0 Å². The largest absolute Gasteiger partial charge is 0.355 e. The molecule has 3 heterocycles. The van der Waals surface area contributed by atoms with Crippen LogP contribution in [0.3, 0.4) is 0 Å². The normalized spacial score (nSPS) is 10.1. The van der Waals surface area contributed by atoms with Crippen molar-refractivity contribution in [3.8, 4) is 0 Å². The van der Waals surface area contributed by atoms with Gasteiger partial charge < -0.3 is 5.32 Å². The number of anilines is 3. The summed E-state index contributed by atoms with van der Waals surface area (Å²) < 4.78 is 0. The molecule has 12 heteroatoms. The van der Waals surface area contributed by atoms with Gasteiger partial charge in [0.15, 0.2) is 0 Å². The van der Waals surface area contributed by atoms with E-state index in [0.717, 1.165) is 6.33 Å². The minimum atomic E-state index is -0.684. The Bertz CT molecular complexity index is 969. The minimum Gasteiger partial charge on any atom is -0.319 e. The second kappa shape index (κ2) is 8.01. The van der Waals surface area contributed by atoms with Crippen LogP contribution in [0.5, 0.6) is 0 Å². The van der Waals surface area contributed by atoms with Crippen molar-refractivity contribution in [2.75, 3.05) is 10.7 Å². The van der Waals surface area contributed by atoms with Crippen LogP contribution < -0.4 is 16.2 Å². The highest BCUT2D eigenvalue weighted by molar-refractivity contribution is 6.30. The summed E-state index contributed by atoms with van der Waals surface area (Å²) in [6.07, 6.45) is 5.35. The Morgan fingerprint density at radius 2 is 1.93 bits per heavy atom. The predicted octanol–water partition coefficient (Wildman–Crippen LogP) is 2.33. The molecule has 0 saturated heterocycles. The summed E-state index contributed by atoms with van der Waals surface area (Å²) >= 11 is 5.76. The zero-order valence-electron chi connectivity index (χ0n) is 13.5. The van der Waals surface area contributed by atoms with Gasteiger partial charge >= 0.3 is 5.69 Å². The Hall–Kier alpha value is -3.86. The molecule has 0 radical (unpaired) electrons. The summed E-state index contributed by atoms with van der Waals surface area (Å²) in [4.78, 5) is 38.3. The van der Waals surface area contributed by atoms with Crippen LogP contribution in [0.1, 0.15) is 10.4 Å². The smallest absolute Gasteiger partial charge is 0.319 e. The average molecular weight is 387 g/mol. The van der Waals surface area contributed by atoms with Gasteiger partial charge in [0, 0.05) is 18.6 Å². The molecule has 0 bridgehead atoms. The number of hydrazine groups is 1. The van der Waals surface area contributed by atoms with Crippen LogP contribution in [0, 0.1) is 10.1 Å². The van der Waals surface area contributed by atoms with E-state index in [-0.39, 0.29) is 17.2 Å². The maximum Gasteiger partial charge on any atom is 0.355 e. The molecule has 3 rings (SSSR count). The molecule has 0 aliphatic rings. The third-order valence-electron chi connectivity index (χ3n) is 3.20. The molecule has 0 spiro atoms. The molecule has 136 valence electrons. The Morgan fingerprint density at radius 3 is 2.59 bits per heavy atom. The molecule has 0 aromatic carbocycles. The number of pyridine rings is 2. The first kappa shape index (κ1) is 17.9. The molecular weight excluding hydrogens is 376 g/mol. The molecule has 1 amide bonds. The van der Waals surface area contributed by atoms with Crippen molar-refractivity contribution in [2.24, 2.45) is 0 Å². The lowest BCUT2D eigenvalue weighted by molar-refractivity contribution is -0.383. The molecule has 0 aliphatic carbocycles. The number of rotatable bonds is 6. The predicted molar refractivity (Wildman–Crippen MR) is 96.5 cm³/mol. The molecule has 0 saturated carbocycles. The first-order valence-electron chi connectivity index (χ1n) is 7.39. The lowest BCUT2D eigenvalue weighted by Gasteiger charge is -2.10. The summed E-state index contributed by atoms with van der Waals surface area (Å²) in [5, 5.41) is 14.6. The highest BCUT2D eigenvalue weighted by Crippen LogP contribution is 2.30. The Balaban J connectivity index is 1.82. The zero-order valence-corrected chi connectivity index (χ0v) is 14.2. The van der Waals surface area contributed by atoms with E-state index >= 15 is 0 Å². The number of carbonyl (C=O) groups is 1. The van der Waals surface area contributed by atoms with Crippen molar-refractivity contribution in [3.05, 3.63) is 69.9 Å². The van der Waals surface area contributed by atoms with Gasteiger partial charge in [-0.25, -0.2) is 15.0 Å². The number of halogens is 1. The van der Waals surface area contributed by atoms with Crippen molar-refractivity contribution in [3.63, 3.8) is 0 Å². The summed E-state index contributed by atoms with van der Waals surface area (Å²) in [5.74, 6) is -0.553. The van der Waals surface area contributed by atoms with Crippen molar-refractivity contribution in [1.82, 2.24) is 25.4 Å². The number of nitrogens with one attached hydrogen (secondary N) is 3. The molecule has 3 aromatic rings. The topological polar surface area (TPSA) is 148 Å². The van der Waals surface area contributed by atoms with Crippen LogP contribution in [0.2, 0.25) is 5.02 Å². The number of nitro groups is 1. The quantitative estimate of drug-likeness (QED) is 0.428. The second-order valence-electron chi connectivity index (χ2n) is 4.98. The number of aromatic nitrogens is 4. The molecule has 3 aromatic heterocycles. The Labute approximate surface area is 157 Å². The van der Waals surface area contributed by atoms with Gasteiger partial charge in [-0.3, -0.25) is 30.7 Å². The molecular formula is C15H11ClN8O3. The van der Waals surface area contributed by atoms with Gasteiger partial charge in [0.1, 0.15) is 12.1 Å². The highest BCUT2D eigenvalue weighted by Gasteiger charge is 2.24. The van der Waals surface area contributed by atoms with Crippen LogP contribution >= 0.6 is 11.6 Å². The van der Waals surface area contributed by atoms with Crippen LogP contribution in [0.15, 0.2) is 49.2 Å². The van der Waals surface area contributed by atoms with Crippen LogP contribution in [0.4, 0.5) is 23.1 Å². The first-order valence-corrected chi connectivity index (χ1v) is 7.77. The summed E-state index contributed by atoms with van der Waals surface area (Å²) in [7, 11) is 0. The fourth-order valence-electron chi connectivity index (χ4n) is 1.99. The second-order valence-corrected chi connectivity index (χ2v) is 5.42. The number of carbonyl (C=O) groups excluding carboxylic acids is 1. The van der Waals surface area contributed by atoms with E-state index in [2.05, 4.69) is 36.1 Å². The van der Waals surface area contributed by atoms with Gasteiger partial charge in [-0.1, -0.05) is 11.6 Å². The van der Waals surface area contributed by atoms with Gasteiger partial charge in [0.05, 0.1) is 15.5 Å². The fourth-order valence-corrected chi connectivity index (χ4v) is 2.10. The first-order chi connectivity index (χ1) is 13.0. The van der Waals surface area contributed by atoms with Gasteiger partial charge in [0.25, 0.3) is 5.91 Å².